The fourth-order valence-electron chi connectivity index (χ4n) is 2.73. The van der Waals surface area contributed by atoms with E-state index in [4.69, 9.17) is 0 Å². The van der Waals surface area contributed by atoms with Crippen LogP contribution in [0.15, 0.2) is 41.8 Å². The summed E-state index contributed by atoms with van der Waals surface area (Å²) in [5.74, 6) is 0.349. The molecule has 2 aromatic rings. The summed E-state index contributed by atoms with van der Waals surface area (Å²) in [6, 6.07) is 8.14. The van der Waals surface area contributed by atoms with E-state index >= 15 is 0 Å². The van der Waals surface area contributed by atoms with Crippen molar-refractivity contribution in [3.63, 3.8) is 0 Å². The summed E-state index contributed by atoms with van der Waals surface area (Å²) in [4.78, 5) is 18.6. The van der Waals surface area contributed by atoms with Gasteiger partial charge in [-0.25, -0.2) is 4.98 Å². The van der Waals surface area contributed by atoms with E-state index in [2.05, 4.69) is 27.3 Å². The van der Waals surface area contributed by atoms with Crippen LogP contribution in [-0.2, 0) is 11.8 Å². The molecular formula is C17H22N4OS. The molecule has 0 bridgehead atoms. The summed E-state index contributed by atoms with van der Waals surface area (Å²) in [5, 5.41) is 3.79. The van der Waals surface area contributed by atoms with E-state index in [9.17, 15) is 4.79 Å². The van der Waals surface area contributed by atoms with Crippen molar-refractivity contribution in [3.05, 3.63) is 36.7 Å². The van der Waals surface area contributed by atoms with Crippen molar-refractivity contribution < 1.29 is 4.79 Å². The van der Waals surface area contributed by atoms with Crippen LogP contribution in [0.1, 0.15) is 19.3 Å². The minimum Gasteiger partial charge on any atom is -0.372 e. The fourth-order valence-corrected chi connectivity index (χ4v) is 3.46. The van der Waals surface area contributed by atoms with E-state index in [0.29, 0.717) is 5.75 Å². The zero-order valence-electron chi connectivity index (χ0n) is 13.4. The van der Waals surface area contributed by atoms with Crippen molar-refractivity contribution in [2.45, 2.75) is 24.4 Å². The van der Waals surface area contributed by atoms with Gasteiger partial charge in [-0.05, 0) is 43.5 Å². The highest BCUT2D eigenvalue weighted by atomic mass is 32.2. The second-order valence-electron chi connectivity index (χ2n) is 5.75. The van der Waals surface area contributed by atoms with Gasteiger partial charge in [0.1, 0.15) is 0 Å². The molecule has 122 valence electrons. The van der Waals surface area contributed by atoms with E-state index < -0.39 is 0 Å². The number of aromatic nitrogens is 2. The second kappa shape index (κ2) is 7.55. The van der Waals surface area contributed by atoms with Crippen molar-refractivity contribution in [2.75, 3.05) is 29.1 Å². The Balaban J connectivity index is 1.51. The van der Waals surface area contributed by atoms with Crippen LogP contribution in [-0.4, -0.2) is 34.3 Å². The molecular weight excluding hydrogens is 308 g/mol. The smallest absolute Gasteiger partial charge is 0.234 e. The van der Waals surface area contributed by atoms with Gasteiger partial charge in [-0.3, -0.25) is 4.79 Å². The van der Waals surface area contributed by atoms with Crippen LogP contribution in [0.4, 0.5) is 11.4 Å². The molecule has 0 unspecified atom stereocenters. The van der Waals surface area contributed by atoms with E-state index in [1.54, 1.807) is 6.20 Å². The lowest BCUT2D eigenvalue weighted by atomic mass is 10.1. The monoisotopic (exact) mass is 330 g/mol. The lowest BCUT2D eigenvalue weighted by Gasteiger charge is -2.28. The van der Waals surface area contributed by atoms with E-state index in [1.165, 1.54) is 36.7 Å². The molecule has 1 aromatic carbocycles. The number of carbonyl (C=O) groups is 1. The van der Waals surface area contributed by atoms with Gasteiger partial charge in [-0.2, -0.15) is 0 Å². The average Bonchev–Trinajstić information content (AvgIpc) is 3.00. The number of rotatable bonds is 5. The summed E-state index contributed by atoms with van der Waals surface area (Å²) >= 11 is 1.44. The summed E-state index contributed by atoms with van der Waals surface area (Å²) in [5.41, 5.74) is 2.08. The quantitative estimate of drug-likeness (QED) is 0.856. The predicted molar refractivity (Wildman–Crippen MR) is 95.1 cm³/mol. The number of hydrogen-bond donors (Lipinski definition) is 1. The molecule has 5 nitrogen and oxygen atoms in total. The number of piperidine rings is 1. The lowest BCUT2D eigenvalue weighted by molar-refractivity contribution is -0.113. The van der Waals surface area contributed by atoms with Crippen LogP contribution in [0.2, 0.25) is 0 Å². The van der Waals surface area contributed by atoms with Gasteiger partial charge in [-0.1, -0.05) is 11.8 Å². The first-order valence-corrected chi connectivity index (χ1v) is 8.96. The number of thioether (sulfide) groups is 1. The van der Waals surface area contributed by atoms with Crippen LogP contribution in [0.3, 0.4) is 0 Å². The Morgan fingerprint density at radius 3 is 2.61 bits per heavy atom. The largest absolute Gasteiger partial charge is 0.372 e. The zero-order valence-corrected chi connectivity index (χ0v) is 14.2. The van der Waals surface area contributed by atoms with Crippen molar-refractivity contribution >= 4 is 29.0 Å². The fraction of sp³-hybridized carbons (Fsp3) is 0.412. The molecule has 1 saturated heterocycles. The molecule has 2 heterocycles. The number of hydrogen-bond acceptors (Lipinski definition) is 4. The first kappa shape index (κ1) is 15.9. The van der Waals surface area contributed by atoms with Crippen LogP contribution in [0.5, 0.6) is 0 Å². The maximum absolute atomic E-state index is 12.0. The topological polar surface area (TPSA) is 50.2 Å². The molecule has 3 rings (SSSR count). The summed E-state index contributed by atoms with van der Waals surface area (Å²) in [6.45, 7) is 2.26. The SMILES string of the molecule is Cn1ccnc1SCC(=O)Nc1ccc(N2CCCCC2)cc1. The first-order chi connectivity index (χ1) is 11.2. The van der Waals surface area contributed by atoms with Crippen LogP contribution in [0, 0.1) is 0 Å². The summed E-state index contributed by atoms with van der Waals surface area (Å²) in [6.07, 6.45) is 7.48. The Hall–Kier alpha value is -1.95. The van der Waals surface area contributed by atoms with Gasteiger partial charge in [0.25, 0.3) is 0 Å². The van der Waals surface area contributed by atoms with Crippen LogP contribution >= 0.6 is 11.8 Å². The Kier molecular flexibility index (Phi) is 5.23. The highest BCUT2D eigenvalue weighted by Crippen LogP contribution is 2.22. The number of amides is 1. The van der Waals surface area contributed by atoms with Gasteiger partial charge in [0.2, 0.25) is 5.91 Å². The molecule has 1 aliphatic rings. The molecule has 0 radical (unpaired) electrons. The number of carbonyl (C=O) groups excluding carboxylic acids is 1. The maximum Gasteiger partial charge on any atom is 0.234 e. The van der Waals surface area contributed by atoms with Crippen molar-refractivity contribution in [1.29, 1.82) is 0 Å². The van der Waals surface area contributed by atoms with Crippen molar-refractivity contribution in [1.82, 2.24) is 9.55 Å². The van der Waals surface area contributed by atoms with E-state index in [-0.39, 0.29) is 5.91 Å². The Morgan fingerprint density at radius 1 is 1.22 bits per heavy atom. The van der Waals surface area contributed by atoms with Gasteiger partial charge in [0.15, 0.2) is 5.16 Å². The van der Waals surface area contributed by atoms with Gasteiger partial charge >= 0.3 is 0 Å². The number of imidazole rings is 1. The molecule has 1 aliphatic heterocycles. The molecule has 0 atom stereocenters. The second-order valence-corrected chi connectivity index (χ2v) is 6.69. The molecule has 1 amide bonds. The maximum atomic E-state index is 12.0. The highest BCUT2D eigenvalue weighted by molar-refractivity contribution is 7.99. The number of nitrogens with one attached hydrogen (secondary N) is 1. The molecule has 6 heteroatoms. The van der Waals surface area contributed by atoms with Gasteiger partial charge in [0.05, 0.1) is 5.75 Å². The van der Waals surface area contributed by atoms with E-state index in [0.717, 1.165) is 23.9 Å². The molecule has 0 aliphatic carbocycles. The standard InChI is InChI=1S/C17H22N4OS/c1-20-12-9-18-17(20)23-13-16(22)19-14-5-7-15(8-6-14)21-10-3-2-4-11-21/h5-9,12H,2-4,10-11,13H2,1H3,(H,19,22). The van der Waals surface area contributed by atoms with Crippen molar-refractivity contribution in [2.24, 2.45) is 7.05 Å². The predicted octanol–water partition coefficient (Wildman–Crippen LogP) is 3.14. The third kappa shape index (κ3) is 4.28. The zero-order chi connectivity index (χ0) is 16.1. The lowest BCUT2D eigenvalue weighted by Crippen LogP contribution is -2.29. The molecule has 0 spiro atoms. The van der Waals surface area contributed by atoms with Crippen molar-refractivity contribution in [3.8, 4) is 0 Å². The molecule has 1 fully saturated rings. The molecule has 0 saturated carbocycles. The average molecular weight is 330 g/mol. The number of anilines is 2. The number of benzene rings is 1. The third-order valence-corrected chi connectivity index (χ3v) is 5.04. The highest BCUT2D eigenvalue weighted by Gasteiger charge is 2.11. The Bertz CT molecular complexity index is 647. The normalized spacial score (nSPS) is 14.7. The van der Waals surface area contributed by atoms with Crippen LogP contribution < -0.4 is 10.2 Å². The van der Waals surface area contributed by atoms with E-state index in [1.807, 2.05) is 29.9 Å². The summed E-state index contributed by atoms with van der Waals surface area (Å²) < 4.78 is 1.91. The Labute approximate surface area is 141 Å². The molecule has 1 N–H and O–H groups in total. The number of aryl methyl sites for hydroxylation is 1. The van der Waals surface area contributed by atoms with Crippen LogP contribution in [0.25, 0.3) is 0 Å². The minimum atomic E-state index is -0.0104. The molecule has 23 heavy (non-hydrogen) atoms. The minimum absolute atomic E-state index is 0.0104. The van der Waals surface area contributed by atoms with Gasteiger partial charge < -0.3 is 14.8 Å². The summed E-state index contributed by atoms with van der Waals surface area (Å²) in [7, 11) is 1.92. The molecule has 1 aromatic heterocycles. The first-order valence-electron chi connectivity index (χ1n) is 7.97. The van der Waals surface area contributed by atoms with Gasteiger partial charge in [0, 0.05) is 43.9 Å². The number of nitrogens with zero attached hydrogens (tertiary/aromatic N) is 3. The third-order valence-electron chi connectivity index (χ3n) is 3.98. The Morgan fingerprint density at radius 2 is 1.96 bits per heavy atom. The van der Waals surface area contributed by atoms with Gasteiger partial charge in [-0.15, -0.1) is 0 Å².